The van der Waals surface area contributed by atoms with Gasteiger partial charge in [0.05, 0.1) is 0 Å². The Morgan fingerprint density at radius 3 is 2.41 bits per heavy atom. The van der Waals surface area contributed by atoms with E-state index in [2.05, 4.69) is 10.2 Å². The average Bonchev–Trinajstić information content (AvgIpc) is 2.80. The maximum absolute atomic E-state index is 13.3. The molecule has 1 aliphatic heterocycles. The van der Waals surface area contributed by atoms with Gasteiger partial charge in [0.15, 0.2) is 0 Å². The molecule has 1 heterocycles. The third-order valence-corrected chi connectivity index (χ3v) is 3.17. The van der Waals surface area contributed by atoms with E-state index < -0.39 is 11.6 Å². The van der Waals surface area contributed by atoms with Crippen molar-refractivity contribution in [3.63, 3.8) is 0 Å². The number of likely N-dealkylation sites (tertiary alicyclic amines) is 1. The molecule has 94 valence electrons. The van der Waals surface area contributed by atoms with Crippen LogP contribution in [0, 0.1) is 11.6 Å². The van der Waals surface area contributed by atoms with E-state index in [-0.39, 0.29) is 12.1 Å². The fourth-order valence-corrected chi connectivity index (χ4v) is 2.16. The van der Waals surface area contributed by atoms with Crippen molar-refractivity contribution in [3.8, 4) is 0 Å². The highest BCUT2D eigenvalue weighted by Crippen LogP contribution is 2.11. The molecule has 0 atom stereocenters. The van der Waals surface area contributed by atoms with Crippen molar-refractivity contribution in [2.45, 2.75) is 19.4 Å². The zero-order valence-electron chi connectivity index (χ0n) is 9.88. The molecular formula is C13H18F2N2. The molecule has 2 nitrogen and oxygen atoms in total. The van der Waals surface area contributed by atoms with E-state index in [0.29, 0.717) is 0 Å². The average molecular weight is 240 g/mol. The molecule has 1 fully saturated rings. The third-order valence-electron chi connectivity index (χ3n) is 3.17. The molecule has 0 bridgehead atoms. The molecule has 0 aliphatic carbocycles. The Bertz CT molecular complexity index is 342. The topological polar surface area (TPSA) is 15.3 Å². The highest BCUT2D eigenvalue weighted by atomic mass is 19.1. The van der Waals surface area contributed by atoms with Crippen molar-refractivity contribution in [2.24, 2.45) is 0 Å². The molecule has 1 N–H and O–H groups in total. The summed E-state index contributed by atoms with van der Waals surface area (Å²) >= 11 is 0. The summed E-state index contributed by atoms with van der Waals surface area (Å²) in [7, 11) is 0. The molecular weight excluding hydrogens is 222 g/mol. The molecule has 0 saturated carbocycles. The minimum absolute atomic E-state index is 0.133. The van der Waals surface area contributed by atoms with Crippen molar-refractivity contribution in [2.75, 3.05) is 26.2 Å². The molecule has 1 aromatic rings. The Morgan fingerprint density at radius 1 is 1.12 bits per heavy atom. The third kappa shape index (κ3) is 3.48. The van der Waals surface area contributed by atoms with Crippen molar-refractivity contribution >= 4 is 0 Å². The second-order valence-electron chi connectivity index (χ2n) is 4.43. The van der Waals surface area contributed by atoms with E-state index in [1.54, 1.807) is 0 Å². The first kappa shape index (κ1) is 12.5. The number of hydrogen-bond donors (Lipinski definition) is 1. The van der Waals surface area contributed by atoms with Crippen LogP contribution in [0.2, 0.25) is 0 Å². The van der Waals surface area contributed by atoms with Gasteiger partial charge in [0.25, 0.3) is 0 Å². The molecule has 4 heteroatoms. The van der Waals surface area contributed by atoms with Gasteiger partial charge >= 0.3 is 0 Å². The van der Waals surface area contributed by atoms with Gasteiger partial charge < -0.3 is 10.2 Å². The van der Waals surface area contributed by atoms with Crippen LogP contribution in [-0.4, -0.2) is 31.1 Å². The minimum Gasteiger partial charge on any atom is -0.311 e. The number of hydrogen-bond acceptors (Lipinski definition) is 2. The largest absolute Gasteiger partial charge is 0.311 e. The van der Waals surface area contributed by atoms with Crippen LogP contribution in [0.5, 0.6) is 0 Å². The first-order valence-corrected chi connectivity index (χ1v) is 6.13. The second kappa shape index (κ2) is 6.07. The van der Waals surface area contributed by atoms with E-state index in [9.17, 15) is 8.78 Å². The summed E-state index contributed by atoms with van der Waals surface area (Å²) < 4.78 is 26.6. The highest BCUT2D eigenvalue weighted by Gasteiger charge is 2.11. The number of nitrogens with zero attached hydrogens (tertiary/aromatic N) is 1. The van der Waals surface area contributed by atoms with E-state index >= 15 is 0 Å². The van der Waals surface area contributed by atoms with Crippen LogP contribution in [0.15, 0.2) is 18.2 Å². The second-order valence-corrected chi connectivity index (χ2v) is 4.43. The first-order chi connectivity index (χ1) is 8.27. The molecule has 0 aromatic heterocycles. The van der Waals surface area contributed by atoms with Crippen molar-refractivity contribution in [1.82, 2.24) is 10.2 Å². The van der Waals surface area contributed by atoms with Crippen molar-refractivity contribution < 1.29 is 8.78 Å². The Labute approximate surface area is 101 Å². The van der Waals surface area contributed by atoms with Crippen molar-refractivity contribution in [3.05, 3.63) is 35.4 Å². The predicted molar refractivity (Wildman–Crippen MR) is 63.7 cm³/mol. The lowest BCUT2D eigenvalue weighted by Crippen LogP contribution is -2.30. The van der Waals surface area contributed by atoms with Gasteiger partial charge in [0, 0.05) is 25.2 Å². The molecule has 1 aromatic carbocycles. The minimum atomic E-state index is -0.473. The SMILES string of the molecule is Fc1cccc(F)c1CNCCN1CCCC1. The monoisotopic (exact) mass is 240 g/mol. The molecule has 1 aliphatic rings. The molecule has 17 heavy (non-hydrogen) atoms. The zero-order valence-corrected chi connectivity index (χ0v) is 9.88. The lowest BCUT2D eigenvalue weighted by molar-refractivity contribution is 0.335. The summed E-state index contributed by atoms with van der Waals surface area (Å²) in [5.74, 6) is -0.947. The summed E-state index contributed by atoms with van der Waals surface area (Å²) in [6.45, 7) is 4.28. The van der Waals surface area contributed by atoms with Gasteiger partial charge in [-0.3, -0.25) is 0 Å². The summed E-state index contributed by atoms with van der Waals surface area (Å²) in [6, 6.07) is 3.97. The molecule has 0 amide bonds. The van der Waals surface area contributed by atoms with Gasteiger partial charge in [0.1, 0.15) is 11.6 Å². The van der Waals surface area contributed by atoms with Gasteiger partial charge in [-0.2, -0.15) is 0 Å². The zero-order chi connectivity index (χ0) is 12.1. The standard InChI is InChI=1S/C13H18F2N2/c14-12-4-3-5-13(15)11(12)10-16-6-9-17-7-1-2-8-17/h3-5,16H,1-2,6-10H2. The first-order valence-electron chi connectivity index (χ1n) is 6.13. The van der Waals surface area contributed by atoms with Gasteiger partial charge in [-0.05, 0) is 38.1 Å². The van der Waals surface area contributed by atoms with Gasteiger partial charge in [-0.25, -0.2) is 8.78 Å². The van der Waals surface area contributed by atoms with E-state index in [1.807, 2.05) is 0 Å². The molecule has 0 radical (unpaired) electrons. The van der Waals surface area contributed by atoms with Crippen LogP contribution in [0.4, 0.5) is 8.78 Å². The maximum Gasteiger partial charge on any atom is 0.130 e. The fourth-order valence-electron chi connectivity index (χ4n) is 2.16. The maximum atomic E-state index is 13.3. The Balaban J connectivity index is 1.74. The summed E-state index contributed by atoms with van der Waals surface area (Å²) in [4.78, 5) is 2.37. The Morgan fingerprint density at radius 2 is 1.76 bits per heavy atom. The van der Waals surface area contributed by atoms with Crippen molar-refractivity contribution in [1.29, 1.82) is 0 Å². The quantitative estimate of drug-likeness (QED) is 0.793. The van der Waals surface area contributed by atoms with Crippen LogP contribution < -0.4 is 5.32 Å². The van der Waals surface area contributed by atoms with Crippen LogP contribution >= 0.6 is 0 Å². The predicted octanol–water partition coefficient (Wildman–Crippen LogP) is 2.15. The Hall–Kier alpha value is -1.00. The Kier molecular flexibility index (Phi) is 4.45. The summed E-state index contributed by atoms with van der Waals surface area (Å²) in [5, 5.41) is 3.09. The van der Waals surface area contributed by atoms with E-state index in [1.165, 1.54) is 31.0 Å². The molecule has 0 spiro atoms. The highest BCUT2D eigenvalue weighted by molar-refractivity contribution is 5.19. The van der Waals surface area contributed by atoms with Crippen LogP contribution in [0.25, 0.3) is 0 Å². The van der Waals surface area contributed by atoms with Crippen LogP contribution in [0.3, 0.4) is 0 Å². The van der Waals surface area contributed by atoms with Gasteiger partial charge in [-0.15, -0.1) is 0 Å². The number of halogens is 2. The number of rotatable bonds is 5. The fraction of sp³-hybridized carbons (Fsp3) is 0.538. The molecule has 2 rings (SSSR count). The number of benzene rings is 1. The number of nitrogens with one attached hydrogen (secondary N) is 1. The summed E-state index contributed by atoms with van der Waals surface area (Å²) in [6.07, 6.45) is 2.53. The lowest BCUT2D eigenvalue weighted by Gasteiger charge is -2.14. The lowest BCUT2D eigenvalue weighted by atomic mass is 10.2. The van der Waals surface area contributed by atoms with Gasteiger partial charge in [0.2, 0.25) is 0 Å². The normalized spacial score (nSPS) is 16.6. The van der Waals surface area contributed by atoms with Crippen LogP contribution in [0.1, 0.15) is 18.4 Å². The van der Waals surface area contributed by atoms with E-state index in [4.69, 9.17) is 0 Å². The smallest absolute Gasteiger partial charge is 0.130 e. The molecule has 0 unspecified atom stereocenters. The molecule has 1 saturated heterocycles. The van der Waals surface area contributed by atoms with Gasteiger partial charge in [-0.1, -0.05) is 6.07 Å². The van der Waals surface area contributed by atoms with E-state index in [0.717, 1.165) is 26.2 Å². The van der Waals surface area contributed by atoms with Crippen LogP contribution in [-0.2, 0) is 6.54 Å². The summed E-state index contributed by atoms with van der Waals surface area (Å²) in [5.41, 5.74) is 0.133.